The van der Waals surface area contributed by atoms with Crippen LogP contribution in [0, 0.1) is 0 Å². The van der Waals surface area contributed by atoms with Crippen LogP contribution in [0.4, 0.5) is 0 Å². The molecule has 0 aliphatic heterocycles. The van der Waals surface area contributed by atoms with Gasteiger partial charge in [0.25, 0.3) is 5.56 Å². The van der Waals surface area contributed by atoms with E-state index >= 15 is 0 Å². The van der Waals surface area contributed by atoms with Crippen molar-refractivity contribution in [2.45, 2.75) is 62.6 Å². The first kappa shape index (κ1) is 19.6. The summed E-state index contributed by atoms with van der Waals surface area (Å²) < 4.78 is 1.94. The van der Waals surface area contributed by atoms with Gasteiger partial charge in [-0.3, -0.25) is 9.36 Å². The van der Waals surface area contributed by atoms with Crippen LogP contribution >= 0.6 is 11.8 Å². The minimum Gasteiger partial charge on any atom is -0.283 e. The molecule has 2 aliphatic carbocycles. The number of thioether (sulfide) groups is 1. The fourth-order valence-corrected chi connectivity index (χ4v) is 6.08. The zero-order chi connectivity index (χ0) is 20.6. The van der Waals surface area contributed by atoms with Gasteiger partial charge in [-0.15, -0.1) is 0 Å². The number of nitrogens with zero attached hydrogens (tertiary/aromatic N) is 2. The standard InChI is InChI=1S/C26H28N2OS/c1-2-30-25-27-23-21-14-8-7-13-20(21)17-26(15-9-4-10-16-26)22(23)24(29)28(25)18-19-11-5-3-6-12-19/h3,5-8,11-14H,2,4,9-10,15-18H2,1H3. The number of fused-ring (bicyclic) bond motifs is 4. The lowest BCUT2D eigenvalue weighted by molar-refractivity contribution is 0.282. The Hall–Kier alpha value is -2.33. The summed E-state index contributed by atoms with van der Waals surface area (Å²) in [7, 11) is 0. The molecule has 5 rings (SSSR count). The number of hydrogen-bond acceptors (Lipinski definition) is 3. The summed E-state index contributed by atoms with van der Waals surface area (Å²) in [4.78, 5) is 19.3. The van der Waals surface area contributed by atoms with Gasteiger partial charge in [0.2, 0.25) is 0 Å². The second-order valence-electron chi connectivity index (χ2n) is 8.60. The molecule has 0 unspecified atom stereocenters. The van der Waals surface area contributed by atoms with E-state index in [9.17, 15) is 4.79 Å². The molecular formula is C26H28N2OS. The smallest absolute Gasteiger partial charge is 0.258 e. The maximum Gasteiger partial charge on any atom is 0.258 e. The molecule has 0 atom stereocenters. The van der Waals surface area contributed by atoms with Gasteiger partial charge in [0.05, 0.1) is 17.8 Å². The van der Waals surface area contributed by atoms with Crippen LogP contribution in [0.5, 0.6) is 0 Å². The number of hydrogen-bond donors (Lipinski definition) is 0. The lowest BCUT2D eigenvalue weighted by Gasteiger charge is -2.42. The Labute approximate surface area is 182 Å². The third-order valence-corrected chi connectivity index (χ3v) is 7.59. The first-order chi connectivity index (χ1) is 14.7. The SMILES string of the molecule is CCSc1nc2c(c(=O)n1Cc1ccccc1)C1(CCCCC1)Cc1ccccc1-2. The molecule has 1 heterocycles. The summed E-state index contributed by atoms with van der Waals surface area (Å²) in [6, 6.07) is 18.9. The first-order valence-corrected chi connectivity index (χ1v) is 12.1. The van der Waals surface area contributed by atoms with Crippen LogP contribution < -0.4 is 5.56 Å². The van der Waals surface area contributed by atoms with Gasteiger partial charge < -0.3 is 0 Å². The Kier molecular flexibility index (Phi) is 5.28. The van der Waals surface area contributed by atoms with Gasteiger partial charge >= 0.3 is 0 Å². The molecule has 1 fully saturated rings. The largest absolute Gasteiger partial charge is 0.283 e. The van der Waals surface area contributed by atoms with E-state index in [1.807, 2.05) is 22.8 Å². The second-order valence-corrected chi connectivity index (χ2v) is 9.83. The molecule has 1 aromatic heterocycles. The van der Waals surface area contributed by atoms with Gasteiger partial charge in [0.1, 0.15) is 0 Å². The predicted molar refractivity (Wildman–Crippen MR) is 124 cm³/mol. The van der Waals surface area contributed by atoms with Crippen molar-refractivity contribution in [1.29, 1.82) is 0 Å². The Balaban J connectivity index is 1.76. The Morgan fingerprint density at radius 1 is 1.00 bits per heavy atom. The quantitative estimate of drug-likeness (QED) is 0.396. The van der Waals surface area contributed by atoms with E-state index in [-0.39, 0.29) is 11.0 Å². The van der Waals surface area contributed by atoms with E-state index in [1.165, 1.54) is 24.8 Å². The van der Waals surface area contributed by atoms with Crippen molar-refractivity contribution in [2.24, 2.45) is 0 Å². The highest BCUT2D eigenvalue weighted by molar-refractivity contribution is 7.99. The first-order valence-electron chi connectivity index (χ1n) is 11.1. The van der Waals surface area contributed by atoms with Crippen molar-refractivity contribution in [3.8, 4) is 11.3 Å². The molecule has 0 amide bonds. The third-order valence-electron chi connectivity index (χ3n) is 6.73. The van der Waals surface area contributed by atoms with Crippen molar-refractivity contribution in [2.75, 3.05) is 5.75 Å². The van der Waals surface area contributed by atoms with Crippen molar-refractivity contribution in [1.82, 2.24) is 9.55 Å². The molecular weight excluding hydrogens is 388 g/mol. The lowest BCUT2D eigenvalue weighted by Crippen LogP contribution is -2.43. The van der Waals surface area contributed by atoms with E-state index in [0.29, 0.717) is 6.54 Å². The molecule has 2 aromatic carbocycles. The van der Waals surface area contributed by atoms with Crippen LogP contribution in [0.3, 0.4) is 0 Å². The normalized spacial score (nSPS) is 16.8. The highest BCUT2D eigenvalue weighted by atomic mass is 32.2. The Morgan fingerprint density at radius 3 is 2.50 bits per heavy atom. The third kappa shape index (κ3) is 3.31. The predicted octanol–water partition coefficient (Wildman–Crippen LogP) is 5.83. The summed E-state index contributed by atoms with van der Waals surface area (Å²) in [6.07, 6.45) is 6.83. The van der Waals surface area contributed by atoms with Crippen LogP contribution in [0.25, 0.3) is 11.3 Å². The molecule has 154 valence electrons. The van der Waals surface area contributed by atoms with Gasteiger partial charge in [-0.05, 0) is 36.1 Å². The maximum atomic E-state index is 14.1. The van der Waals surface area contributed by atoms with E-state index in [4.69, 9.17) is 4.98 Å². The summed E-state index contributed by atoms with van der Waals surface area (Å²) in [5, 5.41) is 0.841. The van der Waals surface area contributed by atoms with Crippen molar-refractivity contribution in [3.05, 3.63) is 81.6 Å². The van der Waals surface area contributed by atoms with E-state index in [1.54, 1.807) is 11.8 Å². The van der Waals surface area contributed by atoms with E-state index < -0.39 is 0 Å². The summed E-state index contributed by atoms with van der Waals surface area (Å²) in [5.41, 5.74) is 5.71. The molecule has 4 heteroatoms. The van der Waals surface area contributed by atoms with Gasteiger partial charge in [0, 0.05) is 11.0 Å². The summed E-state index contributed by atoms with van der Waals surface area (Å²) in [6.45, 7) is 2.71. The zero-order valence-electron chi connectivity index (χ0n) is 17.6. The van der Waals surface area contributed by atoms with Crippen LogP contribution in [0.2, 0.25) is 0 Å². The minimum atomic E-state index is -0.0557. The molecule has 3 aromatic rings. The van der Waals surface area contributed by atoms with Crippen molar-refractivity contribution < 1.29 is 0 Å². The van der Waals surface area contributed by atoms with E-state index in [2.05, 4.69) is 43.3 Å². The summed E-state index contributed by atoms with van der Waals surface area (Å²) >= 11 is 1.67. The van der Waals surface area contributed by atoms with Crippen LogP contribution in [-0.2, 0) is 18.4 Å². The van der Waals surface area contributed by atoms with Crippen LogP contribution in [0.15, 0.2) is 64.5 Å². The molecule has 1 saturated carbocycles. The monoisotopic (exact) mass is 416 g/mol. The number of benzene rings is 2. The number of rotatable bonds is 4. The van der Waals surface area contributed by atoms with E-state index in [0.717, 1.165) is 52.6 Å². The Bertz CT molecular complexity index is 1110. The molecule has 0 saturated heterocycles. The highest BCUT2D eigenvalue weighted by Gasteiger charge is 2.43. The van der Waals surface area contributed by atoms with Crippen molar-refractivity contribution >= 4 is 11.8 Å². The van der Waals surface area contributed by atoms with Gasteiger partial charge in [-0.1, -0.05) is 92.5 Å². The molecule has 30 heavy (non-hydrogen) atoms. The molecule has 2 aliphatic rings. The lowest BCUT2D eigenvalue weighted by atomic mass is 9.62. The minimum absolute atomic E-state index is 0.0557. The van der Waals surface area contributed by atoms with Gasteiger partial charge in [0.15, 0.2) is 5.16 Å². The van der Waals surface area contributed by atoms with Crippen LogP contribution in [-0.4, -0.2) is 15.3 Å². The maximum absolute atomic E-state index is 14.1. The fourth-order valence-electron chi connectivity index (χ4n) is 5.37. The average molecular weight is 417 g/mol. The molecule has 3 nitrogen and oxygen atoms in total. The molecule has 0 bridgehead atoms. The molecule has 0 N–H and O–H groups in total. The topological polar surface area (TPSA) is 34.9 Å². The fraction of sp³-hybridized carbons (Fsp3) is 0.385. The number of aromatic nitrogens is 2. The van der Waals surface area contributed by atoms with Gasteiger partial charge in [-0.2, -0.15) is 0 Å². The summed E-state index contributed by atoms with van der Waals surface area (Å²) in [5.74, 6) is 0.896. The molecule has 1 spiro atoms. The second kappa shape index (κ2) is 8.07. The van der Waals surface area contributed by atoms with Crippen molar-refractivity contribution in [3.63, 3.8) is 0 Å². The average Bonchev–Trinajstić information content (AvgIpc) is 2.77. The molecule has 0 radical (unpaired) electrons. The Morgan fingerprint density at radius 2 is 1.73 bits per heavy atom. The zero-order valence-corrected chi connectivity index (χ0v) is 18.4. The van der Waals surface area contributed by atoms with Gasteiger partial charge in [-0.25, -0.2) is 4.98 Å². The van der Waals surface area contributed by atoms with Crippen LogP contribution in [0.1, 0.15) is 55.7 Å². The highest BCUT2D eigenvalue weighted by Crippen LogP contribution is 2.48.